The van der Waals surface area contributed by atoms with Gasteiger partial charge in [-0.3, -0.25) is 0 Å². The molecule has 188 valence electrons. The molecule has 0 amide bonds. The molecule has 2 aliphatic heterocycles. The molecule has 0 fully saturated rings. The Morgan fingerprint density at radius 2 is 1.16 bits per heavy atom. The van der Waals surface area contributed by atoms with Gasteiger partial charge in [0.1, 0.15) is 13.2 Å². The fourth-order valence-corrected chi connectivity index (χ4v) is 4.59. The van der Waals surface area contributed by atoms with Crippen molar-refractivity contribution in [1.29, 1.82) is 0 Å². The van der Waals surface area contributed by atoms with E-state index in [1.54, 1.807) is 6.08 Å². The summed E-state index contributed by atoms with van der Waals surface area (Å²) in [6, 6.07) is 22.2. The van der Waals surface area contributed by atoms with Crippen molar-refractivity contribution < 1.29 is 14.3 Å². The summed E-state index contributed by atoms with van der Waals surface area (Å²) in [7, 11) is 0. The molecule has 0 radical (unpaired) electrons. The first-order valence-corrected chi connectivity index (χ1v) is 12.8. The van der Waals surface area contributed by atoms with Gasteiger partial charge in [0.05, 0.1) is 17.8 Å². The Hall–Kier alpha value is -4.02. The van der Waals surface area contributed by atoms with E-state index in [-0.39, 0.29) is 12.1 Å². The van der Waals surface area contributed by atoms with Crippen molar-refractivity contribution in [2.45, 2.75) is 39.8 Å². The molecule has 2 aliphatic rings. The molecule has 0 aliphatic carbocycles. The molecular weight excluding hydrogens is 462 g/mol. The van der Waals surface area contributed by atoms with Crippen LogP contribution < -0.4 is 0 Å². The molecule has 2 heterocycles. The molecule has 0 aromatic heterocycles. The maximum atomic E-state index is 11.5. The van der Waals surface area contributed by atoms with E-state index in [4.69, 9.17) is 19.5 Å². The molecule has 2 atom stereocenters. The maximum Gasteiger partial charge on any atom is 0.240 e. The van der Waals surface area contributed by atoms with Gasteiger partial charge < -0.3 is 9.47 Å². The van der Waals surface area contributed by atoms with Crippen molar-refractivity contribution in [3.05, 3.63) is 77.9 Å². The molecule has 6 nitrogen and oxygen atoms in total. The van der Waals surface area contributed by atoms with Crippen LogP contribution in [0, 0.1) is 11.8 Å². The quantitative estimate of drug-likeness (QED) is 0.275. The second kappa shape index (κ2) is 10.5. The van der Waals surface area contributed by atoms with Crippen LogP contribution in [-0.4, -0.2) is 43.2 Å². The van der Waals surface area contributed by atoms with Crippen LogP contribution in [0.5, 0.6) is 0 Å². The van der Waals surface area contributed by atoms with E-state index in [2.05, 4.69) is 32.7 Å². The zero-order valence-corrected chi connectivity index (χ0v) is 21.6. The Morgan fingerprint density at radius 1 is 0.730 bits per heavy atom. The summed E-state index contributed by atoms with van der Waals surface area (Å²) in [5, 5.41) is 0. The van der Waals surface area contributed by atoms with E-state index in [1.807, 2.05) is 66.7 Å². The monoisotopic (exact) mass is 493 g/mol. The van der Waals surface area contributed by atoms with E-state index in [1.165, 1.54) is 0 Å². The second-order valence-corrected chi connectivity index (χ2v) is 10.2. The van der Waals surface area contributed by atoms with Crippen LogP contribution in [0.25, 0.3) is 22.3 Å². The van der Waals surface area contributed by atoms with Crippen molar-refractivity contribution >= 4 is 23.6 Å². The lowest BCUT2D eigenvalue weighted by Gasteiger charge is -2.13. The Balaban J connectivity index is 1.54. The Bertz CT molecular complexity index is 1320. The number of hydrogen-bond acceptors (Lipinski definition) is 6. The maximum absolute atomic E-state index is 11.5. The van der Waals surface area contributed by atoms with Gasteiger partial charge in [-0.1, -0.05) is 70.2 Å². The Kier molecular flexibility index (Phi) is 7.02. The van der Waals surface area contributed by atoms with E-state index < -0.39 is 0 Å². The zero-order valence-electron chi connectivity index (χ0n) is 21.6. The molecule has 0 saturated carbocycles. The molecule has 6 heteroatoms. The van der Waals surface area contributed by atoms with Crippen LogP contribution in [-0.2, 0) is 14.3 Å². The number of benzene rings is 3. The third kappa shape index (κ3) is 5.11. The van der Waals surface area contributed by atoms with Crippen LogP contribution in [0.15, 0.2) is 81.7 Å². The van der Waals surface area contributed by atoms with Crippen LogP contribution in [0.1, 0.15) is 38.8 Å². The van der Waals surface area contributed by atoms with Gasteiger partial charge in [-0.2, -0.15) is 4.99 Å². The number of carbonyl (C=O) groups excluding carboxylic acids is 1. The number of hydrogen-bond donors (Lipinski definition) is 0. The third-order valence-corrected chi connectivity index (χ3v) is 6.92. The number of isocyanates is 1. The summed E-state index contributed by atoms with van der Waals surface area (Å²) < 4.78 is 11.8. The van der Waals surface area contributed by atoms with Crippen LogP contribution >= 0.6 is 0 Å². The highest BCUT2D eigenvalue weighted by Crippen LogP contribution is 2.40. The van der Waals surface area contributed by atoms with Gasteiger partial charge in [0.25, 0.3) is 0 Å². The van der Waals surface area contributed by atoms with Gasteiger partial charge in [0, 0.05) is 22.3 Å². The predicted molar refractivity (Wildman–Crippen MR) is 147 cm³/mol. The topological polar surface area (TPSA) is 72.6 Å². The van der Waals surface area contributed by atoms with Gasteiger partial charge in [-0.05, 0) is 47.2 Å². The predicted octanol–water partition coefficient (Wildman–Crippen LogP) is 6.59. The van der Waals surface area contributed by atoms with E-state index >= 15 is 0 Å². The highest BCUT2D eigenvalue weighted by atomic mass is 16.5. The molecule has 5 rings (SSSR count). The van der Waals surface area contributed by atoms with E-state index in [0.717, 1.165) is 33.4 Å². The Labute approximate surface area is 217 Å². The molecule has 0 saturated heterocycles. The molecule has 0 N–H and O–H groups in total. The molecule has 3 aromatic carbocycles. The summed E-state index contributed by atoms with van der Waals surface area (Å²) in [5.74, 6) is 2.14. The average Bonchev–Trinajstić information content (AvgIpc) is 3.60. The minimum atomic E-state index is 0.161. The van der Waals surface area contributed by atoms with Gasteiger partial charge in [0.15, 0.2) is 0 Å². The summed E-state index contributed by atoms with van der Waals surface area (Å²) in [5.41, 5.74) is 5.90. The Morgan fingerprint density at radius 3 is 1.57 bits per heavy atom. The molecular formula is C31H31N3O3. The number of ether oxygens (including phenoxy) is 2. The summed E-state index contributed by atoms with van der Waals surface area (Å²) in [6.07, 6.45) is 1.76. The van der Waals surface area contributed by atoms with Crippen LogP contribution in [0.3, 0.4) is 0 Å². The fourth-order valence-electron chi connectivity index (χ4n) is 4.59. The largest absolute Gasteiger partial charge is 0.475 e. The highest BCUT2D eigenvalue weighted by Gasteiger charge is 2.24. The zero-order chi connectivity index (χ0) is 25.9. The summed E-state index contributed by atoms with van der Waals surface area (Å²) in [6.45, 7) is 9.78. The number of nitrogens with zero attached hydrogens (tertiary/aromatic N) is 3. The van der Waals surface area contributed by atoms with Gasteiger partial charge >= 0.3 is 0 Å². The highest BCUT2D eigenvalue weighted by molar-refractivity contribution is 5.99. The lowest BCUT2D eigenvalue weighted by Crippen LogP contribution is -2.13. The molecule has 3 aromatic rings. The standard InChI is InChI=1S/C31H31N3O3/c1-19(2)27-16-36-30(33-27)23-10-5-8-21(14-23)25-12-7-13-26(29(25)32-18-35)22-9-6-11-24(15-22)31-34-28(17-37-31)20(3)4/h5-15,19-20,27-28H,16-17H2,1-4H3/t27-,28-/m0/s1. The SMILES string of the molecule is CC(C)[C@@H]1COC(c2cccc(-c3cccc(-c4cccc(C5=N[C@H](C(C)C)CO5)c4)c3N=C=O)c2)=N1. The second-order valence-electron chi connectivity index (χ2n) is 10.2. The first kappa shape index (κ1) is 24.7. The van der Waals surface area contributed by atoms with Gasteiger partial charge in [-0.25, -0.2) is 14.8 Å². The number of para-hydroxylation sites is 1. The van der Waals surface area contributed by atoms with Crippen LogP contribution in [0.2, 0.25) is 0 Å². The summed E-state index contributed by atoms with van der Waals surface area (Å²) in [4.78, 5) is 25.2. The van der Waals surface area contributed by atoms with Crippen molar-refractivity contribution in [2.24, 2.45) is 26.8 Å². The fraction of sp³-hybridized carbons (Fsp3) is 0.323. The molecule has 0 bridgehead atoms. The minimum absolute atomic E-state index is 0.161. The minimum Gasteiger partial charge on any atom is -0.475 e. The van der Waals surface area contributed by atoms with Crippen molar-refractivity contribution in [2.75, 3.05) is 13.2 Å². The van der Waals surface area contributed by atoms with Crippen molar-refractivity contribution in [3.63, 3.8) is 0 Å². The van der Waals surface area contributed by atoms with E-state index in [0.29, 0.717) is 42.5 Å². The van der Waals surface area contributed by atoms with Crippen molar-refractivity contribution in [3.8, 4) is 22.3 Å². The normalized spacial score (nSPS) is 18.8. The first-order valence-electron chi connectivity index (χ1n) is 12.8. The smallest absolute Gasteiger partial charge is 0.240 e. The lowest BCUT2D eigenvalue weighted by molar-refractivity contribution is 0.291. The van der Waals surface area contributed by atoms with Gasteiger partial charge in [0.2, 0.25) is 17.9 Å². The van der Waals surface area contributed by atoms with E-state index in [9.17, 15) is 4.79 Å². The number of aliphatic imine (C=N–C) groups is 3. The average molecular weight is 494 g/mol. The molecule has 0 unspecified atom stereocenters. The molecule has 0 spiro atoms. The summed E-state index contributed by atoms with van der Waals surface area (Å²) >= 11 is 0. The number of rotatable bonds is 7. The van der Waals surface area contributed by atoms with Crippen LogP contribution in [0.4, 0.5) is 5.69 Å². The lowest BCUT2D eigenvalue weighted by atomic mass is 9.94. The first-order chi connectivity index (χ1) is 17.9. The third-order valence-electron chi connectivity index (χ3n) is 6.92. The van der Waals surface area contributed by atoms with Crippen molar-refractivity contribution in [1.82, 2.24) is 0 Å². The van der Waals surface area contributed by atoms with Gasteiger partial charge in [-0.15, -0.1) is 0 Å². The molecule has 37 heavy (non-hydrogen) atoms.